The first-order chi connectivity index (χ1) is 8.47. The number of aliphatic carboxylic acids is 1. The molecule has 0 saturated heterocycles. The van der Waals surface area contributed by atoms with Crippen molar-refractivity contribution < 1.29 is 9.90 Å². The SMILES string of the molecule is CCCN(C1CCC(N)CC1)C(C)C(C)C(=O)O. The molecular formula is C14H28N2O2. The van der Waals surface area contributed by atoms with Crippen LogP contribution in [0.3, 0.4) is 0 Å². The molecule has 0 spiro atoms. The van der Waals surface area contributed by atoms with E-state index in [0.717, 1.165) is 38.6 Å². The van der Waals surface area contributed by atoms with Gasteiger partial charge in [-0.3, -0.25) is 9.69 Å². The molecule has 0 bridgehead atoms. The lowest BCUT2D eigenvalue weighted by Gasteiger charge is -2.41. The lowest BCUT2D eigenvalue weighted by molar-refractivity contribution is -0.143. The number of carbonyl (C=O) groups is 1. The average Bonchev–Trinajstić information content (AvgIpc) is 2.35. The molecule has 1 aliphatic carbocycles. The van der Waals surface area contributed by atoms with E-state index in [1.807, 2.05) is 13.8 Å². The van der Waals surface area contributed by atoms with Crippen LogP contribution in [0.4, 0.5) is 0 Å². The summed E-state index contributed by atoms with van der Waals surface area (Å²) in [5.74, 6) is -1.01. The number of hydrogen-bond donors (Lipinski definition) is 2. The molecule has 1 rings (SSSR count). The summed E-state index contributed by atoms with van der Waals surface area (Å²) >= 11 is 0. The van der Waals surface area contributed by atoms with Crippen molar-refractivity contribution in [1.29, 1.82) is 0 Å². The minimum atomic E-state index is -0.698. The molecule has 4 heteroatoms. The Morgan fingerprint density at radius 2 is 1.89 bits per heavy atom. The number of hydrogen-bond acceptors (Lipinski definition) is 3. The highest BCUT2D eigenvalue weighted by atomic mass is 16.4. The van der Waals surface area contributed by atoms with Crippen molar-refractivity contribution in [3.8, 4) is 0 Å². The van der Waals surface area contributed by atoms with E-state index in [4.69, 9.17) is 10.8 Å². The van der Waals surface area contributed by atoms with Crippen molar-refractivity contribution in [3.63, 3.8) is 0 Å². The Labute approximate surface area is 111 Å². The fraction of sp³-hybridized carbons (Fsp3) is 0.929. The minimum Gasteiger partial charge on any atom is -0.481 e. The van der Waals surface area contributed by atoms with Gasteiger partial charge in [-0.15, -0.1) is 0 Å². The van der Waals surface area contributed by atoms with Crippen molar-refractivity contribution >= 4 is 5.97 Å². The third-order valence-corrected chi connectivity index (χ3v) is 4.33. The third kappa shape index (κ3) is 3.95. The Morgan fingerprint density at radius 3 is 2.33 bits per heavy atom. The second-order valence-electron chi connectivity index (χ2n) is 5.67. The van der Waals surface area contributed by atoms with Gasteiger partial charge >= 0.3 is 5.97 Å². The summed E-state index contributed by atoms with van der Waals surface area (Å²) in [5, 5.41) is 9.16. The van der Waals surface area contributed by atoms with Crippen molar-refractivity contribution in [2.24, 2.45) is 11.7 Å². The maximum atomic E-state index is 11.1. The van der Waals surface area contributed by atoms with Gasteiger partial charge in [0.05, 0.1) is 5.92 Å². The molecule has 106 valence electrons. The standard InChI is InChI=1S/C14H28N2O2/c1-4-9-16(11(3)10(2)14(17)18)13-7-5-12(15)6-8-13/h10-13H,4-9,15H2,1-3H3,(H,17,18). The van der Waals surface area contributed by atoms with Crippen LogP contribution in [0, 0.1) is 5.92 Å². The van der Waals surface area contributed by atoms with Gasteiger partial charge in [0.15, 0.2) is 0 Å². The first-order valence-corrected chi connectivity index (χ1v) is 7.21. The molecule has 0 heterocycles. The van der Waals surface area contributed by atoms with Gasteiger partial charge in [-0.05, 0) is 45.6 Å². The lowest BCUT2D eigenvalue weighted by atomic mass is 9.88. The quantitative estimate of drug-likeness (QED) is 0.763. The topological polar surface area (TPSA) is 66.6 Å². The molecule has 1 aliphatic rings. The maximum absolute atomic E-state index is 11.1. The summed E-state index contributed by atoms with van der Waals surface area (Å²) < 4.78 is 0. The van der Waals surface area contributed by atoms with Crippen LogP contribution < -0.4 is 5.73 Å². The van der Waals surface area contributed by atoms with Crippen LogP contribution in [0.2, 0.25) is 0 Å². The number of rotatable bonds is 6. The molecular weight excluding hydrogens is 228 g/mol. The van der Waals surface area contributed by atoms with Crippen molar-refractivity contribution in [2.75, 3.05) is 6.54 Å². The summed E-state index contributed by atoms with van der Waals surface area (Å²) in [6, 6.07) is 0.959. The molecule has 2 atom stereocenters. The normalized spacial score (nSPS) is 28.1. The Morgan fingerprint density at radius 1 is 1.33 bits per heavy atom. The van der Waals surface area contributed by atoms with Crippen molar-refractivity contribution in [1.82, 2.24) is 4.90 Å². The van der Waals surface area contributed by atoms with Crippen LogP contribution >= 0.6 is 0 Å². The number of nitrogens with zero attached hydrogens (tertiary/aromatic N) is 1. The molecule has 3 N–H and O–H groups in total. The molecule has 18 heavy (non-hydrogen) atoms. The van der Waals surface area contributed by atoms with E-state index >= 15 is 0 Å². The zero-order chi connectivity index (χ0) is 13.7. The van der Waals surface area contributed by atoms with E-state index in [2.05, 4.69) is 11.8 Å². The van der Waals surface area contributed by atoms with Gasteiger partial charge in [0.1, 0.15) is 0 Å². The van der Waals surface area contributed by atoms with Crippen molar-refractivity contribution in [2.45, 2.75) is 71.0 Å². The predicted molar refractivity (Wildman–Crippen MR) is 73.5 cm³/mol. The van der Waals surface area contributed by atoms with E-state index in [1.165, 1.54) is 0 Å². The van der Waals surface area contributed by atoms with Gasteiger partial charge in [0.25, 0.3) is 0 Å². The zero-order valence-electron chi connectivity index (χ0n) is 11.9. The number of carboxylic acid groups (broad SMARTS) is 1. The molecule has 1 saturated carbocycles. The van der Waals surface area contributed by atoms with E-state index in [9.17, 15) is 4.79 Å². The Bertz CT molecular complexity index is 263. The Balaban J connectivity index is 2.66. The summed E-state index contributed by atoms with van der Waals surface area (Å²) in [6.45, 7) is 6.99. The first kappa shape index (κ1) is 15.4. The van der Waals surface area contributed by atoms with E-state index in [-0.39, 0.29) is 12.0 Å². The Kier molecular flexibility index (Phi) is 6.09. The fourth-order valence-corrected chi connectivity index (χ4v) is 2.90. The first-order valence-electron chi connectivity index (χ1n) is 7.21. The van der Waals surface area contributed by atoms with Crippen LogP contribution in [0.5, 0.6) is 0 Å². The van der Waals surface area contributed by atoms with Crippen LogP contribution in [-0.4, -0.2) is 40.6 Å². The zero-order valence-corrected chi connectivity index (χ0v) is 11.9. The van der Waals surface area contributed by atoms with E-state index < -0.39 is 5.97 Å². The molecule has 2 unspecified atom stereocenters. The van der Waals surface area contributed by atoms with E-state index in [0.29, 0.717) is 12.1 Å². The highest BCUT2D eigenvalue weighted by molar-refractivity contribution is 5.70. The lowest BCUT2D eigenvalue weighted by Crippen LogP contribution is -2.49. The van der Waals surface area contributed by atoms with Crippen molar-refractivity contribution in [3.05, 3.63) is 0 Å². The van der Waals surface area contributed by atoms with Crippen LogP contribution in [0.15, 0.2) is 0 Å². The van der Waals surface area contributed by atoms with Gasteiger partial charge in [0.2, 0.25) is 0 Å². The summed E-state index contributed by atoms with van der Waals surface area (Å²) in [4.78, 5) is 13.5. The largest absolute Gasteiger partial charge is 0.481 e. The monoisotopic (exact) mass is 256 g/mol. The maximum Gasteiger partial charge on any atom is 0.307 e. The van der Waals surface area contributed by atoms with Gasteiger partial charge in [0, 0.05) is 18.1 Å². The molecule has 0 aromatic rings. The summed E-state index contributed by atoms with van der Waals surface area (Å²) in [7, 11) is 0. The van der Waals surface area contributed by atoms with Crippen LogP contribution in [-0.2, 0) is 4.79 Å². The highest BCUT2D eigenvalue weighted by Gasteiger charge is 2.31. The van der Waals surface area contributed by atoms with Gasteiger partial charge < -0.3 is 10.8 Å². The molecule has 0 aliphatic heterocycles. The highest BCUT2D eigenvalue weighted by Crippen LogP contribution is 2.26. The smallest absolute Gasteiger partial charge is 0.307 e. The molecule has 0 aromatic carbocycles. The third-order valence-electron chi connectivity index (χ3n) is 4.33. The molecule has 0 radical (unpaired) electrons. The Hall–Kier alpha value is -0.610. The molecule has 0 aromatic heterocycles. The molecule has 1 fully saturated rings. The predicted octanol–water partition coefficient (Wildman–Crippen LogP) is 2.08. The van der Waals surface area contributed by atoms with Gasteiger partial charge in [-0.2, -0.15) is 0 Å². The number of carboxylic acids is 1. The summed E-state index contributed by atoms with van der Waals surface area (Å²) in [5.41, 5.74) is 5.94. The number of nitrogens with two attached hydrogens (primary N) is 1. The fourth-order valence-electron chi connectivity index (χ4n) is 2.90. The van der Waals surface area contributed by atoms with E-state index in [1.54, 1.807) is 0 Å². The second kappa shape index (κ2) is 7.10. The minimum absolute atomic E-state index is 0.0989. The van der Waals surface area contributed by atoms with Gasteiger partial charge in [-0.25, -0.2) is 0 Å². The summed E-state index contributed by atoms with van der Waals surface area (Å²) in [6.07, 6.45) is 5.42. The van der Waals surface area contributed by atoms with Crippen LogP contribution in [0.25, 0.3) is 0 Å². The van der Waals surface area contributed by atoms with Gasteiger partial charge in [-0.1, -0.05) is 13.8 Å². The average molecular weight is 256 g/mol. The molecule has 0 amide bonds. The second-order valence-corrected chi connectivity index (χ2v) is 5.67. The molecule has 4 nitrogen and oxygen atoms in total. The van der Waals surface area contributed by atoms with Crippen LogP contribution in [0.1, 0.15) is 52.9 Å².